The molecule has 0 atom stereocenters. The first-order valence-corrected chi connectivity index (χ1v) is 32.7. The Morgan fingerprint density at radius 1 is 0.268 bits per heavy atom. The number of fused-ring (bicyclic) bond motifs is 18. The van der Waals surface area contributed by atoms with Crippen LogP contribution in [0.4, 0.5) is 0 Å². The fourth-order valence-electron chi connectivity index (χ4n) is 13.9. The highest BCUT2D eigenvalue weighted by Gasteiger charge is 2.23. The van der Waals surface area contributed by atoms with Crippen LogP contribution in [0.3, 0.4) is 0 Å². The second-order valence-corrected chi connectivity index (χ2v) is 25.1. The van der Waals surface area contributed by atoms with Gasteiger partial charge in [0.1, 0.15) is 11.3 Å². The Morgan fingerprint density at radius 3 is 1.08 bits per heavy atom. The molecule has 20 rings (SSSR count). The van der Waals surface area contributed by atoms with Crippen molar-refractivity contribution in [1.82, 2.24) is 37.9 Å². The molecule has 97 heavy (non-hydrogen) atoms. The second kappa shape index (κ2) is 24.1. The predicted molar refractivity (Wildman–Crippen MR) is 407 cm³/mol. The monoisotopic (exact) mass is 1310 g/mol. The number of nitrogens with zero attached hydrogens (tertiary/aromatic N) is 8. The van der Waals surface area contributed by atoms with Gasteiger partial charge in [0.25, 0.3) is 0 Å². The zero-order chi connectivity index (χ0) is 64.0. The van der Waals surface area contributed by atoms with Gasteiger partial charge in [0, 0.05) is 36.8 Å². The Bertz CT molecular complexity index is 6470. The van der Waals surface area contributed by atoms with E-state index >= 15 is 0 Å². The Morgan fingerprint density at radius 2 is 0.608 bits per heavy atom. The number of aromatic nitrogens is 8. The first-order chi connectivity index (χ1) is 47.3. The molecule has 460 valence electrons. The van der Waals surface area contributed by atoms with Crippen molar-refractivity contribution >= 4 is 149 Å². The van der Waals surface area contributed by atoms with Gasteiger partial charge in [-0.1, -0.05) is 236 Å². The Balaban J connectivity index is 0.000000120. The fraction of sp³-hybridized carbons (Fsp3) is 0.0118. The van der Waals surface area contributed by atoms with Gasteiger partial charge in [-0.15, -0.1) is 0 Å². The summed E-state index contributed by atoms with van der Waals surface area (Å²) in [6, 6.07) is 109. The molecule has 2 N–H and O–H groups in total. The average molecular weight is 1310 g/mol. The van der Waals surface area contributed by atoms with Crippen molar-refractivity contribution in [3.05, 3.63) is 320 Å². The maximum Gasteiger partial charge on any atom is 0.488 e. The van der Waals surface area contributed by atoms with Gasteiger partial charge in [0.05, 0.1) is 55.2 Å². The Labute approximate surface area is 565 Å². The molecule has 0 spiro atoms. The van der Waals surface area contributed by atoms with Crippen molar-refractivity contribution in [2.45, 2.75) is 7.43 Å². The van der Waals surface area contributed by atoms with Gasteiger partial charge < -0.3 is 10.0 Å². The quantitative estimate of drug-likeness (QED) is 0.161. The molecule has 0 fully saturated rings. The summed E-state index contributed by atoms with van der Waals surface area (Å²) in [4.78, 5) is 20.5. The van der Waals surface area contributed by atoms with Crippen LogP contribution in [0.25, 0.3) is 166 Å². The molecule has 0 bridgehead atoms. The van der Waals surface area contributed by atoms with Gasteiger partial charge in [0.15, 0.2) is 0 Å². The van der Waals surface area contributed by atoms with E-state index in [0.717, 1.165) is 105 Å². The van der Waals surface area contributed by atoms with E-state index in [1.807, 2.05) is 54.6 Å². The third kappa shape index (κ3) is 10.1. The first kappa shape index (κ1) is 58.7. The molecular formula is C85H58BBrN8O2. The summed E-state index contributed by atoms with van der Waals surface area (Å²) in [6.45, 7) is 0. The summed E-state index contributed by atoms with van der Waals surface area (Å²) in [5.41, 5.74) is 19.7. The summed E-state index contributed by atoms with van der Waals surface area (Å²) in [5.74, 6) is 1.68. The zero-order valence-electron chi connectivity index (χ0n) is 51.4. The SMILES string of the molecule is Brc1ccc2c(c1)c1ccccc1n2-c1nc2ccccc2c2nc3ccccc3n12.C.OB(O)c1ccc(-c2ccc3ccccc3c2)cc1.c1ccc2cc(-c3ccc(-c4ccc5c(c4)c4ccccc4n5-c4nc5ccccc5c5nc6ccccc6n45)cc3)ccc2c1. The zero-order valence-corrected chi connectivity index (χ0v) is 53.0. The third-order valence-corrected chi connectivity index (χ3v) is 19.0. The van der Waals surface area contributed by atoms with Crippen LogP contribution in [0, 0.1) is 0 Å². The Hall–Kier alpha value is -12.1. The number of para-hydroxylation sites is 8. The minimum Gasteiger partial charge on any atom is -0.423 e. The molecule has 20 aromatic rings. The second-order valence-electron chi connectivity index (χ2n) is 24.2. The maximum atomic E-state index is 9.08. The predicted octanol–water partition coefficient (Wildman–Crippen LogP) is 20.3. The minimum atomic E-state index is -1.41. The highest BCUT2D eigenvalue weighted by molar-refractivity contribution is 9.10. The summed E-state index contributed by atoms with van der Waals surface area (Å²) in [7, 11) is -1.41. The van der Waals surface area contributed by atoms with Crippen molar-refractivity contribution in [3.63, 3.8) is 0 Å². The molecule has 0 saturated carbocycles. The lowest BCUT2D eigenvalue weighted by Crippen LogP contribution is -2.29. The lowest BCUT2D eigenvalue weighted by atomic mass is 9.80. The topological polar surface area (TPSA) is 111 Å². The molecule has 0 radical (unpaired) electrons. The number of hydrogen-bond acceptors (Lipinski definition) is 6. The molecule has 0 aliphatic rings. The van der Waals surface area contributed by atoms with Gasteiger partial charge in [-0.05, 0) is 164 Å². The van der Waals surface area contributed by atoms with Crippen LogP contribution >= 0.6 is 15.9 Å². The van der Waals surface area contributed by atoms with Crippen LogP contribution in [0.2, 0.25) is 0 Å². The lowest BCUT2D eigenvalue weighted by molar-refractivity contribution is 0.426. The van der Waals surface area contributed by atoms with Gasteiger partial charge in [-0.25, -0.2) is 19.9 Å². The fourth-order valence-corrected chi connectivity index (χ4v) is 14.3. The van der Waals surface area contributed by atoms with E-state index in [4.69, 9.17) is 30.0 Å². The molecule has 0 aliphatic carbocycles. The van der Waals surface area contributed by atoms with Crippen molar-refractivity contribution in [1.29, 1.82) is 0 Å². The average Bonchev–Trinajstić information content (AvgIpc) is 1.59. The van der Waals surface area contributed by atoms with Crippen LogP contribution in [-0.4, -0.2) is 55.0 Å². The molecule has 12 heteroatoms. The highest BCUT2D eigenvalue weighted by Crippen LogP contribution is 2.39. The summed E-state index contributed by atoms with van der Waals surface area (Å²) in [5, 5.41) is 30.0. The Kier molecular flexibility index (Phi) is 14.6. The van der Waals surface area contributed by atoms with Crippen LogP contribution in [-0.2, 0) is 0 Å². The van der Waals surface area contributed by atoms with Gasteiger partial charge >= 0.3 is 7.12 Å². The smallest absolute Gasteiger partial charge is 0.423 e. The lowest BCUT2D eigenvalue weighted by Gasteiger charge is -2.12. The van der Waals surface area contributed by atoms with Gasteiger partial charge in [-0.3, -0.25) is 17.9 Å². The van der Waals surface area contributed by atoms with E-state index in [0.29, 0.717) is 5.46 Å². The standard InChI is InChI=1S/C42H26N4.C26H15BrN4.C16H13BO2.CH4/c1-2-10-30-25-31(22-21-27(30)9-1)28-17-19-29(20-18-28)32-23-24-39-35(26-32)33-11-4-7-15-38(33)45(39)42-44-36-13-5-3-12-34(36)41-43-37-14-6-8-16-40(37)46(41)42;27-16-13-14-23-19(15-16)17-7-2-5-11-22(17)30(23)26-29-20-9-3-1-8-18(20)25-28-21-10-4-6-12-24(21)31(25)26;18-17(19)16-9-7-13(8-10-16)15-6-5-12-3-1-2-4-14(12)11-15;/h1-26H;1-15H;1-11,18-19H;1H4. The molecule has 0 unspecified atom stereocenters. The highest BCUT2D eigenvalue weighted by atomic mass is 79.9. The number of halogens is 1. The van der Waals surface area contributed by atoms with E-state index in [2.05, 4.69) is 283 Å². The maximum absolute atomic E-state index is 9.08. The summed E-state index contributed by atoms with van der Waals surface area (Å²) < 4.78 is 10.0. The number of rotatable bonds is 6. The van der Waals surface area contributed by atoms with E-state index in [9.17, 15) is 0 Å². The van der Waals surface area contributed by atoms with Crippen molar-refractivity contribution in [3.8, 4) is 45.3 Å². The van der Waals surface area contributed by atoms with Crippen molar-refractivity contribution in [2.75, 3.05) is 0 Å². The molecule has 6 heterocycles. The molecular weight excluding hydrogens is 1260 g/mol. The van der Waals surface area contributed by atoms with Crippen LogP contribution in [0.15, 0.2) is 320 Å². The van der Waals surface area contributed by atoms with Crippen molar-refractivity contribution in [2.24, 2.45) is 0 Å². The molecule has 0 saturated heterocycles. The number of hydrogen-bond donors (Lipinski definition) is 2. The van der Waals surface area contributed by atoms with E-state index in [1.54, 1.807) is 12.1 Å². The molecule has 6 aromatic heterocycles. The number of imidazole rings is 2. The van der Waals surface area contributed by atoms with Crippen LogP contribution in [0.1, 0.15) is 7.43 Å². The normalized spacial score (nSPS) is 11.6. The first-order valence-electron chi connectivity index (χ1n) is 31.9. The van der Waals surface area contributed by atoms with Crippen LogP contribution < -0.4 is 5.46 Å². The summed E-state index contributed by atoms with van der Waals surface area (Å²) >= 11 is 3.64. The van der Waals surface area contributed by atoms with Crippen LogP contribution in [0.5, 0.6) is 0 Å². The molecule has 0 aliphatic heterocycles. The molecule has 14 aromatic carbocycles. The van der Waals surface area contributed by atoms with Gasteiger partial charge in [-0.2, -0.15) is 0 Å². The summed E-state index contributed by atoms with van der Waals surface area (Å²) in [6.07, 6.45) is 0. The van der Waals surface area contributed by atoms with E-state index < -0.39 is 7.12 Å². The third-order valence-electron chi connectivity index (χ3n) is 18.6. The molecule has 0 amide bonds. The van der Waals surface area contributed by atoms with E-state index in [-0.39, 0.29) is 7.43 Å². The largest absolute Gasteiger partial charge is 0.488 e. The van der Waals surface area contributed by atoms with E-state index in [1.165, 1.54) is 65.3 Å². The number of benzene rings is 14. The van der Waals surface area contributed by atoms with Crippen molar-refractivity contribution < 1.29 is 10.0 Å². The molecule has 10 nitrogen and oxygen atoms in total. The van der Waals surface area contributed by atoms with Gasteiger partial charge in [0.2, 0.25) is 11.9 Å². The minimum absolute atomic E-state index is 0.